The van der Waals surface area contributed by atoms with Crippen LogP contribution in [-0.4, -0.2) is 17.8 Å². The first kappa shape index (κ1) is 15.3. The number of phenolic OH excluding ortho intramolecular Hbond substituents is 1. The number of hydrogen-bond donors (Lipinski definition) is 2. The quantitative estimate of drug-likeness (QED) is 0.852. The summed E-state index contributed by atoms with van der Waals surface area (Å²) in [7, 11) is 0. The van der Waals surface area contributed by atoms with E-state index in [9.17, 15) is 18.3 Å². The van der Waals surface area contributed by atoms with Gasteiger partial charge in [-0.05, 0) is 24.6 Å². The lowest BCUT2D eigenvalue weighted by molar-refractivity contribution is -0.133. The average molecular weight is 326 g/mol. The second-order valence-corrected chi connectivity index (χ2v) is 4.90. The summed E-state index contributed by atoms with van der Waals surface area (Å²) in [5.41, 5.74) is 0.606. The Morgan fingerprint density at radius 2 is 2.06 bits per heavy atom. The highest BCUT2D eigenvalue weighted by Gasteiger charge is 2.26. The molecule has 0 radical (unpaired) electrons. The van der Waals surface area contributed by atoms with Gasteiger partial charge in [0.15, 0.2) is 0 Å². The molecule has 0 aliphatic rings. The van der Waals surface area contributed by atoms with E-state index in [-0.39, 0.29) is 18.3 Å². The minimum Gasteiger partial charge on any atom is -0.508 e. The van der Waals surface area contributed by atoms with Crippen molar-refractivity contribution in [3.63, 3.8) is 0 Å². The van der Waals surface area contributed by atoms with Crippen LogP contribution in [0.5, 0.6) is 5.75 Å². The summed E-state index contributed by atoms with van der Waals surface area (Å²) in [6, 6.07) is 4.63. The second kappa shape index (κ2) is 6.43. The third kappa shape index (κ3) is 4.86. The molecule has 0 heterocycles. The van der Waals surface area contributed by atoms with E-state index in [0.29, 0.717) is 12.0 Å². The topological polar surface area (TPSA) is 32.3 Å². The van der Waals surface area contributed by atoms with Crippen molar-refractivity contribution in [2.45, 2.75) is 32.0 Å². The summed E-state index contributed by atoms with van der Waals surface area (Å²) in [6.45, 7) is 1.69. The molecule has 2 N–H and O–H groups in total. The first-order valence-electron chi connectivity index (χ1n) is 5.62. The number of hydrogen-bond acceptors (Lipinski definition) is 2. The molecule has 18 heavy (non-hydrogen) atoms. The van der Waals surface area contributed by atoms with Crippen LogP contribution in [0.15, 0.2) is 22.7 Å². The molecule has 2 nitrogen and oxygen atoms in total. The molecule has 0 aliphatic heterocycles. The third-order valence-corrected chi connectivity index (χ3v) is 3.07. The molecule has 0 saturated heterocycles. The zero-order valence-electron chi connectivity index (χ0n) is 9.89. The number of alkyl halides is 3. The fraction of sp³-hybridized carbons (Fsp3) is 0.500. The molecule has 0 amide bonds. The van der Waals surface area contributed by atoms with Crippen LogP contribution in [0.2, 0.25) is 0 Å². The maximum atomic E-state index is 12.1. The molecule has 1 atom stereocenters. The van der Waals surface area contributed by atoms with Crippen molar-refractivity contribution < 1.29 is 18.3 Å². The highest BCUT2D eigenvalue weighted by Crippen LogP contribution is 2.29. The number of phenols is 1. The Hall–Kier alpha value is -0.750. The number of benzene rings is 1. The molecule has 6 heteroatoms. The number of aromatic hydroxyl groups is 1. The highest BCUT2D eigenvalue weighted by atomic mass is 79.9. The molecule has 0 aromatic heterocycles. The van der Waals surface area contributed by atoms with Crippen LogP contribution >= 0.6 is 15.9 Å². The van der Waals surface area contributed by atoms with E-state index in [1.165, 1.54) is 6.07 Å². The summed E-state index contributed by atoms with van der Waals surface area (Å²) in [5.74, 6) is 0.0876. The maximum absolute atomic E-state index is 12.1. The van der Waals surface area contributed by atoms with Gasteiger partial charge in [-0.25, -0.2) is 0 Å². The molecule has 1 aromatic carbocycles. The van der Waals surface area contributed by atoms with Crippen molar-refractivity contribution >= 4 is 15.9 Å². The van der Waals surface area contributed by atoms with Crippen molar-refractivity contribution in [3.05, 3.63) is 28.2 Å². The average Bonchev–Trinajstić information content (AvgIpc) is 2.27. The Kier molecular flexibility index (Phi) is 5.47. The SMILES string of the molecule is CCC(NCCC(F)(F)F)c1cc(Br)ccc1O. The van der Waals surface area contributed by atoms with Crippen LogP contribution in [-0.2, 0) is 0 Å². The molecular weight excluding hydrogens is 311 g/mol. The van der Waals surface area contributed by atoms with Crippen molar-refractivity contribution in [1.29, 1.82) is 0 Å². The predicted molar refractivity (Wildman–Crippen MR) is 67.5 cm³/mol. The first-order valence-corrected chi connectivity index (χ1v) is 6.41. The van der Waals surface area contributed by atoms with E-state index in [2.05, 4.69) is 21.2 Å². The van der Waals surface area contributed by atoms with E-state index in [1.54, 1.807) is 12.1 Å². The molecule has 1 unspecified atom stereocenters. The molecule has 0 saturated carbocycles. The largest absolute Gasteiger partial charge is 0.508 e. The number of halogens is 4. The molecule has 1 aromatic rings. The van der Waals surface area contributed by atoms with Crippen molar-refractivity contribution in [1.82, 2.24) is 5.32 Å². The Morgan fingerprint density at radius 3 is 2.61 bits per heavy atom. The minimum absolute atomic E-state index is 0.0876. The minimum atomic E-state index is -4.16. The van der Waals surface area contributed by atoms with E-state index in [4.69, 9.17) is 0 Å². The lowest BCUT2D eigenvalue weighted by Gasteiger charge is -2.19. The number of rotatable bonds is 5. The predicted octanol–water partition coefficient (Wildman–Crippen LogP) is 4.15. The van der Waals surface area contributed by atoms with E-state index < -0.39 is 12.6 Å². The Labute approximate surface area is 112 Å². The van der Waals surface area contributed by atoms with Crippen LogP contribution in [0.3, 0.4) is 0 Å². The van der Waals surface area contributed by atoms with Crippen molar-refractivity contribution in [2.24, 2.45) is 0 Å². The molecule has 0 fully saturated rings. The van der Waals surface area contributed by atoms with Crippen LogP contribution in [0.1, 0.15) is 31.4 Å². The van der Waals surface area contributed by atoms with Gasteiger partial charge in [-0.3, -0.25) is 0 Å². The zero-order valence-corrected chi connectivity index (χ0v) is 11.5. The molecule has 0 bridgehead atoms. The van der Waals surface area contributed by atoms with Gasteiger partial charge in [0.1, 0.15) is 5.75 Å². The normalized spacial score (nSPS) is 13.6. The third-order valence-electron chi connectivity index (χ3n) is 2.57. The summed E-state index contributed by atoms with van der Waals surface area (Å²) in [4.78, 5) is 0. The van der Waals surface area contributed by atoms with Crippen LogP contribution in [0, 0.1) is 0 Å². The van der Waals surface area contributed by atoms with Gasteiger partial charge in [-0.2, -0.15) is 13.2 Å². The van der Waals surface area contributed by atoms with Gasteiger partial charge in [0.2, 0.25) is 0 Å². The van der Waals surface area contributed by atoms with Gasteiger partial charge in [-0.15, -0.1) is 0 Å². The summed E-state index contributed by atoms with van der Waals surface area (Å²) < 4.78 is 37.0. The molecule has 1 rings (SSSR count). The fourth-order valence-corrected chi connectivity index (χ4v) is 2.05. The Bertz CT molecular complexity index is 395. The first-order chi connectivity index (χ1) is 8.33. The summed E-state index contributed by atoms with van der Waals surface area (Å²) in [6.07, 6.45) is -4.44. The van der Waals surface area contributed by atoms with Gasteiger partial charge in [0.25, 0.3) is 0 Å². The van der Waals surface area contributed by atoms with Gasteiger partial charge < -0.3 is 10.4 Å². The molecule has 102 valence electrons. The smallest absolute Gasteiger partial charge is 0.390 e. The Balaban J connectivity index is 2.68. The number of nitrogens with one attached hydrogen (secondary N) is 1. The van der Waals surface area contributed by atoms with Gasteiger partial charge >= 0.3 is 6.18 Å². The van der Waals surface area contributed by atoms with Crippen LogP contribution < -0.4 is 5.32 Å². The van der Waals surface area contributed by atoms with E-state index >= 15 is 0 Å². The van der Waals surface area contributed by atoms with E-state index in [1.807, 2.05) is 6.92 Å². The Morgan fingerprint density at radius 1 is 1.39 bits per heavy atom. The summed E-state index contributed by atoms with van der Waals surface area (Å²) >= 11 is 3.27. The monoisotopic (exact) mass is 325 g/mol. The van der Waals surface area contributed by atoms with Crippen molar-refractivity contribution in [2.75, 3.05) is 6.54 Å². The lowest BCUT2D eigenvalue weighted by atomic mass is 10.0. The standard InChI is InChI=1S/C12H15BrF3NO/c1-2-10(17-6-5-12(14,15)16)9-7-8(13)3-4-11(9)18/h3-4,7,10,17-18H,2,5-6H2,1H3. The van der Waals surface area contributed by atoms with Crippen molar-refractivity contribution in [3.8, 4) is 5.75 Å². The second-order valence-electron chi connectivity index (χ2n) is 3.98. The fourth-order valence-electron chi connectivity index (χ4n) is 1.67. The van der Waals surface area contributed by atoms with Crippen LogP contribution in [0.25, 0.3) is 0 Å². The van der Waals surface area contributed by atoms with Gasteiger partial charge in [0, 0.05) is 22.6 Å². The highest BCUT2D eigenvalue weighted by molar-refractivity contribution is 9.10. The van der Waals surface area contributed by atoms with Crippen LogP contribution in [0.4, 0.5) is 13.2 Å². The van der Waals surface area contributed by atoms with Gasteiger partial charge in [0.05, 0.1) is 6.42 Å². The lowest BCUT2D eigenvalue weighted by Crippen LogP contribution is -2.26. The molecular formula is C12H15BrF3NO. The molecule has 0 aliphatic carbocycles. The molecule has 0 spiro atoms. The van der Waals surface area contributed by atoms with Gasteiger partial charge in [-0.1, -0.05) is 22.9 Å². The summed E-state index contributed by atoms with van der Waals surface area (Å²) in [5, 5.41) is 12.5. The van der Waals surface area contributed by atoms with E-state index in [0.717, 1.165) is 4.47 Å². The maximum Gasteiger partial charge on any atom is 0.390 e. The zero-order chi connectivity index (χ0) is 13.8.